The molecule has 14 aromatic carbocycles. The van der Waals surface area contributed by atoms with Gasteiger partial charge in [-0.15, -0.1) is 70.5 Å². The lowest BCUT2D eigenvalue weighted by molar-refractivity contribution is 0.0896. The molecule has 25 heteroatoms. The fourth-order valence-corrected chi connectivity index (χ4v) is 13.9. The SMILES string of the molecule is BrB(Br)Br.COc1ccc2c(C(=O)Cl)cccc2c1.COc1ccc2c(C(=O)N(C(=O)c3cccc4cc(OC)ccc34)c3ncc(-c4ccc(C)cc4)nc3Cc3ccccc3)cccc2c1.Cc1ccc(-c2cnc(N)c(Cc3ccccc3)n2)cc1.ClCCl.O=C(Nc1ncc(-c2ccc(O)cc2)nc1Cc1ccccc1)c1cccc2cc(O)ccc12. The Kier molecular flexibility index (Phi) is 32.8. The first kappa shape index (κ1) is 92.0. The summed E-state index contributed by atoms with van der Waals surface area (Å²) in [7, 11) is 4.81. The van der Waals surface area contributed by atoms with Gasteiger partial charge in [-0.25, -0.2) is 34.8 Å². The number of methoxy groups -OCH3 is 3. The van der Waals surface area contributed by atoms with Gasteiger partial charge in [0, 0.05) is 58.2 Å². The first-order valence-electron chi connectivity index (χ1n) is 39.3. The van der Waals surface area contributed by atoms with Crippen LogP contribution in [0.5, 0.6) is 28.7 Å². The van der Waals surface area contributed by atoms with Gasteiger partial charge in [0.15, 0.2) is 11.6 Å². The molecule has 5 N–H and O–H groups in total. The van der Waals surface area contributed by atoms with E-state index < -0.39 is 17.1 Å². The van der Waals surface area contributed by atoms with Crippen molar-refractivity contribution in [3.05, 3.63) is 395 Å². The maximum atomic E-state index is 14.9. The first-order chi connectivity index (χ1) is 61.1. The minimum Gasteiger partial charge on any atom is -0.508 e. The number of benzene rings is 14. The van der Waals surface area contributed by atoms with Crippen molar-refractivity contribution in [1.29, 1.82) is 0 Å². The van der Waals surface area contributed by atoms with Gasteiger partial charge < -0.3 is 35.5 Å². The topological polar surface area (TPSA) is 255 Å². The van der Waals surface area contributed by atoms with E-state index in [1.807, 2.05) is 177 Å². The summed E-state index contributed by atoms with van der Waals surface area (Å²) >= 11 is 24.3. The molecule has 0 aliphatic carbocycles. The summed E-state index contributed by atoms with van der Waals surface area (Å²) in [4.78, 5) is 83.7. The van der Waals surface area contributed by atoms with E-state index in [4.69, 9.17) is 69.7 Å². The molecule has 0 spiro atoms. The summed E-state index contributed by atoms with van der Waals surface area (Å²) in [5.74, 6) is 2.12. The lowest BCUT2D eigenvalue weighted by Crippen LogP contribution is -2.39. The number of anilines is 3. The smallest absolute Gasteiger partial charge is 0.369 e. The van der Waals surface area contributed by atoms with Crippen LogP contribution in [0.2, 0.25) is 0 Å². The number of phenols is 2. The van der Waals surface area contributed by atoms with Crippen LogP contribution in [0.1, 0.15) is 86.3 Å². The molecule has 630 valence electrons. The van der Waals surface area contributed by atoms with Crippen molar-refractivity contribution in [1.82, 2.24) is 29.9 Å². The van der Waals surface area contributed by atoms with E-state index in [2.05, 4.69) is 111 Å². The van der Waals surface area contributed by atoms with E-state index in [0.717, 1.165) is 82.8 Å². The van der Waals surface area contributed by atoms with Gasteiger partial charge in [-0.1, -0.05) is 199 Å². The number of nitrogens with zero attached hydrogens (tertiary/aromatic N) is 7. The van der Waals surface area contributed by atoms with Gasteiger partial charge in [0.2, 0.25) is 0 Å². The van der Waals surface area contributed by atoms with Crippen molar-refractivity contribution < 1.29 is 43.6 Å². The summed E-state index contributed by atoms with van der Waals surface area (Å²) in [6.07, 6.45) is 6.49. The molecule has 0 unspecified atom stereocenters. The van der Waals surface area contributed by atoms with Crippen LogP contribution in [0.15, 0.2) is 328 Å². The van der Waals surface area contributed by atoms with Crippen LogP contribution in [0.4, 0.5) is 17.5 Å². The zero-order valence-corrected chi connectivity index (χ0v) is 75.8. The largest absolute Gasteiger partial charge is 0.508 e. The highest BCUT2D eigenvalue weighted by atomic mass is 79.9. The normalized spacial score (nSPS) is 10.5. The maximum absolute atomic E-state index is 14.9. The molecule has 126 heavy (non-hydrogen) atoms. The van der Waals surface area contributed by atoms with Crippen molar-refractivity contribution in [2.24, 2.45) is 0 Å². The monoisotopic (exact) mass is 1920 g/mol. The number of carbonyl (C=O) groups excluding carboxylic acids is 4. The van der Waals surface area contributed by atoms with Gasteiger partial charge in [-0.2, -0.15) is 0 Å². The van der Waals surface area contributed by atoms with E-state index in [1.54, 1.807) is 143 Å². The Hall–Kier alpha value is -13.2. The number of aromatic hydroxyl groups is 2. The Labute approximate surface area is 769 Å². The average molecular weight is 1920 g/mol. The number of nitrogen functional groups attached to an aromatic ring is 1. The Morgan fingerprint density at radius 2 is 0.746 bits per heavy atom. The molecule has 3 amide bonds. The first-order valence-corrected chi connectivity index (χ1v) is 43.5. The number of halogens is 6. The minimum absolute atomic E-state index is 0.144. The van der Waals surface area contributed by atoms with Gasteiger partial charge in [0.05, 0.1) is 79.4 Å². The van der Waals surface area contributed by atoms with Crippen molar-refractivity contribution in [2.75, 3.05) is 42.6 Å². The second-order valence-corrected chi connectivity index (χ2v) is 35.9. The van der Waals surface area contributed by atoms with Gasteiger partial charge in [0.1, 0.15) is 34.6 Å². The molecule has 0 atom stereocenters. The standard InChI is InChI=1S/C42H33N3O4.C28H21N3O3.C18H17N3.C12H9ClO2.CH2Cl2.BBr3/c1-27-15-17-29(18-16-27)39-26-43-40(38(44-39)23-28-9-5-4-6-10-28)45(41(46)36-13-7-11-30-24-32(48-2)19-21-34(30)36)42(47)37-14-8-12-31-25-33(49-3)20-22-35(31)37;32-21-11-9-19(10-12-21)26-17-29-27(25(30-26)15-18-5-2-1-3-6-18)31-28(34)24-8-4-7-20-16-22(33)13-14-23(20)24;1-13-7-9-15(10-8-13)17-12-20-18(19)16(21-17)11-14-5-3-2-4-6-14;1-15-9-5-6-10-8(7-9)3-2-4-11(10)12(13)14;2-1-3;2-1(3)4/h4-22,24-26H,23H2,1-3H3;1-14,16-17,32-33H,15H2,(H,29,31,34);2-10,12H,11H2,1H3,(H2,19,20);2-7H,1H3;1H2;. The predicted molar refractivity (Wildman–Crippen MR) is 521 cm³/mol. The highest BCUT2D eigenvalue weighted by Crippen LogP contribution is 2.35. The number of aromatic nitrogens is 6. The minimum atomic E-state index is -0.516. The van der Waals surface area contributed by atoms with E-state index in [9.17, 15) is 29.4 Å². The Morgan fingerprint density at radius 1 is 0.405 bits per heavy atom. The number of aryl methyl sites for hydroxylation is 2. The van der Waals surface area contributed by atoms with Crippen LogP contribution in [-0.4, -0.2) is 92.9 Å². The summed E-state index contributed by atoms with van der Waals surface area (Å²) in [5.41, 5.74) is 20.0. The number of imide groups is 1. The number of amides is 3. The number of alkyl halides is 2. The molecular formula is C101H82BBr3Cl3N9O9. The molecule has 3 heterocycles. The van der Waals surface area contributed by atoms with E-state index in [0.29, 0.717) is 98.2 Å². The van der Waals surface area contributed by atoms with Crippen molar-refractivity contribution in [2.45, 2.75) is 33.1 Å². The third-order valence-electron chi connectivity index (χ3n) is 19.9. The van der Waals surface area contributed by atoms with Crippen molar-refractivity contribution in [3.63, 3.8) is 0 Å². The lowest BCUT2D eigenvalue weighted by Gasteiger charge is -2.24. The zero-order chi connectivity index (χ0) is 89.2. The Bertz CT molecular complexity index is 6560. The van der Waals surface area contributed by atoms with Crippen LogP contribution >= 0.6 is 82.1 Å². The molecule has 0 radical (unpaired) electrons. The van der Waals surface area contributed by atoms with Crippen LogP contribution in [0, 0.1) is 13.8 Å². The Balaban J connectivity index is 0.000000161. The molecule has 0 aliphatic heterocycles. The fourth-order valence-electron chi connectivity index (χ4n) is 13.7. The molecular weight excluding hydrogens is 1840 g/mol. The van der Waals surface area contributed by atoms with Crippen LogP contribution in [-0.2, 0) is 19.3 Å². The lowest BCUT2D eigenvalue weighted by atomic mass is 10.0. The number of nitrogens with one attached hydrogen (secondary N) is 1. The van der Waals surface area contributed by atoms with Gasteiger partial charge in [-0.3, -0.25) is 19.2 Å². The fraction of sp³-hybridized carbons (Fsp3) is 0.0891. The molecule has 0 saturated heterocycles. The molecule has 0 saturated carbocycles. The second-order valence-electron chi connectivity index (χ2n) is 28.3. The predicted octanol–water partition coefficient (Wildman–Crippen LogP) is 24.8. The quantitative estimate of drug-likeness (QED) is 0.0270. The van der Waals surface area contributed by atoms with Crippen LogP contribution in [0.3, 0.4) is 0 Å². The van der Waals surface area contributed by atoms with E-state index in [1.165, 1.54) is 16.0 Å². The van der Waals surface area contributed by atoms with E-state index in [-0.39, 0.29) is 31.7 Å². The highest BCUT2D eigenvalue weighted by Gasteiger charge is 2.33. The third kappa shape index (κ3) is 24.4. The molecule has 3 aromatic heterocycles. The highest BCUT2D eigenvalue weighted by molar-refractivity contribution is 9.69. The number of fused-ring (bicyclic) bond motifs is 4. The van der Waals surface area contributed by atoms with E-state index >= 15 is 0 Å². The molecule has 0 bridgehead atoms. The number of carbonyl (C=O) groups is 4. The third-order valence-corrected chi connectivity index (χ3v) is 20.1. The molecule has 17 rings (SSSR count). The van der Waals surface area contributed by atoms with Crippen molar-refractivity contribution >= 4 is 169 Å². The summed E-state index contributed by atoms with van der Waals surface area (Å²) in [6.45, 7) is 4.10. The summed E-state index contributed by atoms with van der Waals surface area (Å²) in [6, 6.07) is 96.1. The molecule has 0 fully saturated rings. The molecule has 17 aromatic rings. The maximum Gasteiger partial charge on any atom is 0.369 e. The Morgan fingerprint density at radius 3 is 1.18 bits per heavy atom. The van der Waals surface area contributed by atoms with Gasteiger partial charge in [-0.05, 0) is 207 Å². The van der Waals surface area contributed by atoms with Crippen LogP contribution in [0.25, 0.3) is 76.9 Å². The average Bonchev–Trinajstić information content (AvgIpc) is 0.758. The van der Waals surface area contributed by atoms with Crippen molar-refractivity contribution in [3.8, 4) is 62.5 Å². The summed E-state index contributed by atoms with van der Waals surface area (Å²) in [5, 5.41) is 28.3. The number of hydrogen-bond donors (Lipinski definition) is 4. The number of ether oxygens (including phenoxy) is 3. The van der Waals surface area contributed by atoms with Gasteiger partial charge >= 0.3 is 3.18 Å². The summed E-state index contributed by atoms with van der Waals surface area (Å²) < 4.78 is 16.3. The number of hydrogen-bond acceptors (Lipinski definition) is 16. The molecule has 0 aliphatic rings. The van der Waals surface area contributed by atoms with Crippen LogP contribution < -0.4 is 30.2 Å². The second kappa shape index (κ2) is 44.9. The van der Waals surface area contributed by atoms with Gasteiger partial charge in [0.25, 0.3) is 23.0 Å². The molecule has 18 nitrogen and oxygen atoms in total. The number of rotatable bonds is 18. The number of nitrogens with two attached hydrogens (primary N) is 1. The number of phenolic OH excluding ortho intramolecular Hbond substituents is 2. The zero-order valence-electron chi connectivity index (χ0n) is 68.8.